The van der Waals surface area contributed by atoms with Gasteiger partial charge in [0, 0.05) is 0 Å². The third kappa shape index (κ3) is 2.33. The maximum absolute atomic E-state index is 2.53. The van der Waals surface area contributed by atoms with Gasteiger partial charge in [-0.3, -0.25) is 0 Å². The van der Waals surface area contributed by atoms with Crippen molar-refractivity contribution in [3.05, 3.63) is 64.8 Å². The fourth-order valence-corrected chi connectivity index (χ4v) is 12.7. The molecule has 0 N–H and O–H groups in total. The van der Waals surface area contributed by atoms with Gasteiger partial charge in [0.05, 0.1) is 0 Å². The molecule has 2 aliphatic carbocycles. The zero-order chi connectivity index (χ0) is 12.5. The normalized spacial score (nSPS) is 20.9. The first kappa shape index (κ1) is 12.6. The van der Waals surface area contributed by atoms with Crippen molar-refractivity contribution in [1.82, 2.24) is 0 Å². The average molecular weight is 330 g/mol. The summed E-state index contributed by atoms with van der Waals surface area (Å²) in [6.45, 7) is 5.07. The molecule has 0 amide bonds. The zero-order valence-corrected chi connectivity index (χ0v) is 14.6. The molecule has 1 atom stereocenters. The third-order valence-electron chi connectivity index (χ3n) is 3.57. The van der Waals surface area contributed by atoms with Crippen LogP contribution in [-0.4, -0.2) is 5.92 Å². The number of hydrogen-bond acceptors (Lipinski definition) is 0. The molecule has 0 aliphatic heterocycles. The van der Waals surface area contributed by atoms with Crippen LogP contribution in [0.15, 0.2) is 53.6 Å². The van der Waals surface area contributed by atoms with Crippen molar-refractivity contribution in [2.45, 2.75) is 23.1 Å². The summed E-state index contributed by atoms with van der Waals surface area (Å²) in [7, 11) is 0. The van der Waals surface area contributed by atoms with E-state index in [1.165, 1.54) is 5.56 Å². The van der Waals surface area contributed by atoms with E-state index in [1.807, 2.05) is 0 Å². The minimum atomic E-state index is -0.382. The van der Waals surface area contributed by atoms with Crippen LogP contribution in [0.25, 0.3) is 6.08 Å². The van der Waals surface area contributed by atoms with E-state index < -0.39 is 0 Å². The first-order valence-corrected chi connectivity index (χ1v) is 15.2. The van der Waals surface area contributed by atoms with E-state index in [0.29, 0.717) is 0 Å². The third-order valence-corrected chi connectivity index (χ3v) is 13.5. The summed E-state index contributed by atoms with van der Waals surface area (Å²) in [5, 5.41) is 0. The predicted molar refractivity (Wildman–Crippen MR) is 77.9 cm³/mol. The van der Waals surface area contributed by atoms with Gasteiger partial charge in [-0.25, -0.2) is 0 Å². The Morgan fingerprint density at radius 1 is 1.22 bits per heavy atom. The van der Waals surface area contributed by atoms with Crippen LogP contribution in [0.5, 0.6) is 0 Å². The molecule has 1 unspecified atom stereocenters. The molecule has 18 heavy (non-hydrogen) atoms. The molecule has 2 heteroatoms. The Bertz CT molecular complexity index is 552. The van der Waals surface area contributed by atoms with Crippen LogP contribution in [0, 0.1) is 0 Å². The van der Waals surface area contributed by atoms with Crippen molar-refractivity contribution >= 4 is 12.0 Å². The van der Waals surface area contributed by atoms with Gasteiger partial charge in [-0.15, -0.1) is 0 Å². The molecule has 0 fully saturated rings. The Kier molecular flexibility index (Phi) is 3.68. The van der Waals surface area contributed by atoms with Crippen LogP contribution in [0.1, 0.15) is 21.2 Å². The first-order valence-electron chi connectivity index (χ1n) is 6.68. The Hall–Kier alpha value is -0.460. The fourth-order valence-electron chi connectivity index (χ4n) is 2.78. The van der Waals surface area contributed by atoms with Gasteiger partial charge >= 0.3 is 122 Å². The summed E-state index contributed by atoms with van der Waals surface area (Å²) in [6.07, 6.45) is 10.4. The van der Waals surface area contributed by atoms with Crippen molar-refractivity contribution in [3.63, 3.8) is 0 Å². The second-order valence-electron chi connectivity index (χ2n) is 5.31. The number of hydrogen-bond donors (Lipinski definition) is 0. The maximum atomic E-state index is 2.53. The molecular formula is C16H18SiZr. The Morgan fingerprint density at radius 3 is 2.78 bits per heavy atom. The van der Waals surface area contributed by atoms with E-state index in [2.05, 4.69) is 61.7 Å². The van der Waals surface area contributed by atoms with Crippen molar-refractivity contribution in [2.75, 3.05) is 0 Å². The van der Waals surface area contributed by atoms with Gasteiger partial charge in [0.2, 0.25) is 0 Å². The van der Waals surface area contributed by atoms with E-state index in [9.17, 15) is 0 Å². The molecule has 1 aromatic rings. The van der Waals surface area contributed by atoms with Gasteiger partial charge in [-0.05, 0) is 0 Å². The quantitative estimate of drug-likeness (QED) is 0.733. The number of fused-ring (bicyclic) bond motifs is 1. The van der Waals surface area contributed by atoms with E-state index in [0.717, 1.165) is 10.0 Å². The number of rotatable bonds is 3. The van der Waals surface area contributed by atoms with Crippen molar-refractivity contribution in [1.29, 1.82) is 0 Å². The van der Waals surface area contributed by atoms with Gasteiger partial charge < -0.3 is 0 Å². The molecule has 0 nitrogen and oxygen atoms in total. The standard InChI is InChI=1S/C14H11.C2H7Si.Zr/c1-2-6-11(5-1)14-9-12-7-3-4-8-13(12)10-14;1-3-2;/h1-5,7-10H,6H2;3H,1-2H3;. The van der Waals surface area contributed by atoms with Gasteiger partial charge in [0.1, 0.15) is 0 Å². The first-order chi connectivity index (χ1) is 8.75. The van der Waals surface area contributed by atoms with E-state index in [1.54, 1.807) is 16.7 Å². The van der Waals surface area contributed by atoms with Gasteiger partial charge in [0.25, 0.3) is 0 Å². The fraction of sp³-hybridized carbons (Fsp3) is 0.250. The SMILES string of the molecule is C[SiH](C)[Zr][CH]1C(C2=CC=CC2)=Cc2ccccc21. The van der Waals surface area contributed by atoms with Crippen LogP contribution in [0.2, 0.25) is 13.1 Å². The topological polar surface area (TPSA) is 0 Å². The summed E-state index contributed by atoms with van der Waals surface area (Å²) in [4.78, 5) is 0. The molecule has 0 saturated carbocycles. The summed E-state index contributed by atoms with van der Waals surface area (Å²) >= 11 is -0.269. The second-order valence-corrected chi connectivity index (χ2v) is 20.3. The molecule has 3 rings (SSSR count). The van der Waals surface area contributed by atoms with E-state index in [-0.39, 0.29) is 28.3 Å². The van der Waals surface area contributed by atoms with Crippen molar-refractivity contribution in [3.8, 4) is 0 Å². The molecule has 90 valence electrons. The Morgan fingerprint density at radius 2 is 2.06 bits per heavy atom. The van der Waals surface area contributed by atoms with Crippen LogP contribution in [-0.2, 0) is 22.4 Å². The molecular weight excluding hydrogens is 311 g/mol. The van der Waals surface area contributed by atoms with Crippen molar-refractivity contribution < 1.29 is 22.4 Å². The van der Waals surface area contributed by atoms with Crippen molar-refractivity contribution in [2.24, 2.45) is 0 Å². The second kappa shape index (κ2) is 5.27. The summed E-state index contributed by atoms with van der Waals surface area (Å²) in [5.41, 5.74) is 6.36. The Balaban J connectivity index is 1.98. The molecule has 0 saturated heterocycles. The monoisotopic (exact) mass is 328 g/mol. The van der Waals surface area contributed by atoms with Gasteiger partial charge in [-0.2, -0.15) is 0 Å². The van der Waals surface area contributed by atoms with Crippen LogP contribution in [0.3, 0.4) is 0 Å². The summed E-state index contributed by atoms with van der Waals surface area (Å²) < 4.78 is 0.836. The molecule has 0 aromatic heterocycles. The van der Waals surface area contributed by atoms with E-state index >= 15 is 0 Å². The number of allylic oxidation sites excluding steroid dienone is 5. The van der Waals surface area contributed by atoms with Crippen LogP contribution in [0.4, 0.5) is 0 Å². The molecule has 0 radical (unpaired) electrons. The number of benzene rings is 1. The average Bonchev–Trinajstić information content (AvgIpc) is 2.96. The Labute approximate surface area is 122 Å². The summed E-state index contributed by atoms with van der Waals surface area (Å²) in [5.74, 6) is -0.382. The molecule has 1 aromatic carbocycles. The molecule has 2 aliphatic rings. The predicted octanol–water partition coefficient (Wildman–Crippen LogP) is 4.08. The molecule has 0 bridgehead atoms. The van der Waals surface area contributed by atoms with Crippen LogP contribution >= 0.6 is 0 Å². The van der Waals surface area contributed by atoms with Gasteiger partial charge in [-0.1, -0.05) is 0 Å². The zero-order valence-electron chi connectivity index (χ0n) is 11.0. The van der Waals surface area contributed by atoms with Gasteiger partial charge in [0.15, 0.2) is 0 Å². The molecule has 0 heterocycles. The minimum absolute atomic E-state index is 0.269. The summed E-state index contributed by atoms with van der Waals surface area (Å²) in [6, 6.07) is 9.04. The molecule has 0 spiro atoms. The van der Waals surface area contributed by atoms with Crippen LogP contribution < -0.4 is 0 Å². The van der Waals surface area contributed by atoms with E-state index in [4.69, 9.17) is 0 Å².